The van der Waals surface area contributed by atoms with E-state index in [1.54, 1.807) is 0 Å². The van der Waals surface area contributed by atoms with Crippen molar-refractivity contribution in [2.24, 2.45) is 0 Å². The summed E-state index contributed by atoms with van der Waals surface area (Å²) in [5, 5.41) is 0. The van der Waals surface area contributed by atoms with Crippen molar-refractivity contribution in [2.75, 3.05) is 0 Å². The van der Waals surface area contributed by atoms with Gasteiger partial charge in [0.15, 0.2) is 17.1 Å². The smallest absolute Gasteiger partial charge is 0.190 e. The molecule has 0 heterocycles. The average Bonchev–Trinajstić information content (AvgIpc) is 2.99. The predicted octanol–water partition coefficient (Wildman–Crippen LogP) is 7.35. The molecular weight excluding hydrogens is 634 g/mol. The van der Waals surface area contributed by atoms with E-state index in [1.165, 1.54) is 0 Å². The fraction of sp³-hybridized carbons (Fsp3) is 0.200. The molecule has 1 fully saturated rings. The predicted molar refractivity (Wildman–Crippen MR) is 140 cm³/mol. The van der Waals surface area contributed by atoms with Crippen molar-refractivity contribution in [3.8, 4) is 0 Å². The average molecular weight is 658 g/mol. The largest absolute Gasteiger partial charge is 0.545 e. The summed E-state index contributed by atoms with van der Waals surface area (Å²) < 4.78 is 0. The Morgan fingerprint density at radius 1 is 0.486 bits per heavy atom. The van der Waals surface area contributed by atoms with Gasteiger partial charge in [-0.2, -0.15) is 0 Å². The first-order valence-electron chi connectivity index (χ1n) is 10.8. The number of benzene rings is 3. The quantitative estimate of drug-likeness (QED) is 0.219. The number of carbonyl (C=O) groups excluding carboxylic acids is 3. The minimum absolute atomic E-state index is 0. The fourth-order valence-electron chi connectivity index (χ4n) is 4.88. The molecule has 37 heavy (non-hydrogen) atoms. The van der Waals surface area contributed by atoms with Crippen molar-refractivity contribution >= 4 is 37.4 Å². The monoisotopic (exact) mass is 658 g/mol. The molecule has 1 aliphatic rings. The Morgan fingerprint density at radius 3 is 0.919 bits per heavy atom. The summed E-state index contributed by atoms with van der Waals surface area (Å²) >= 11 is 0. The Kier molecular flexibility index (Phi) is 16.1. The minimum Gasteiger partial charge on any atom is -0.545 e. The third-order valence-electron chi connectivity index (χ3n) is 6.20. The van der Waals surface area contributed by atoms with Crippen molar-refractivity contribution in [2.45, 2.75) is 37.0 Å². The van der Waals surface area contributed by atoms with Crippen molar-refractivity contribution in [1.82, 2.24) is 0 Å². The van der Waals surface area contributed by atoms with Crippen LogP contribution in [0, 0.1) is 19.7 Å². The molecule has 0 saturated heterocycles. The summed E-state index contributed by atoms with van der Waals surface area (Å²) in [6, 6.07) is 23.6. The van der Waals surface area contributed by atoms with Crippen LogP contribution in [0.3, 0.4) is 0 Å². The first kappa shape index (κ1) is 32.8. The summed E-state index contributed by atoms with van der Waals surface area (Å²) in [5.41, 5.74) is 5.38. The molecule has 0 atom stereocenters. The van der Waals surface area contributed by atoms with Gasteiger partial charge in [0, 0.05) is 21.1 Å². The third kappa shape index (κ3) is 8.18. The Labute approximate surface area is 233 Å². The van der Waals surface area contributed by atoms with Crippen molar-refractivity contribution in [1.29, 1.82) is 0 Å². The molecule has 0 aliphatic heterocycles. The molecule has 3 aromatic carbocycles. The zero-order valence-corrected chi connectivity index (χ0v) is 22.9. The normalized spacial score (nSPS) is 16.9. The van der Waals surface area contributed by atoms with E-state index in [0.717, 1.165) is 36.0 Å². The molecule has 4 rings (SSSR count). The maximum atomic E-state index is 7.75. The van der Waals surface area contributed by atoms with Crippen LogP contribution in [-0.4, -0.2) is 20.4 Å². The van der Waals surface area contributed by atoms with Crippen molar-refractivity contribution in [3.05, 3.63) is 124 Å². The first-order chi connectivity index (χ1) is 17.7. The van der Waals surface area contributed by atoms with Crippen LogP contribution in [-0.2, 0) is 35.4 Å². The molecule has 0 bridgehead atoms. The molecule has 0 aromatic heterocycles. The van der Waals surface area contributed by atoms with Gasteiger partial charge in [-0.25, -0.2) is 14.5 Å². The number of hydrogen-bond acceptors (Lipinski definition) is 3. The maximum Gasteiger partial charge on any atom is 0.190 e. The summed E-state index contributed by atoms with van der Waals surface area (Å²) in [4.78, 5) is 34.5. The SMILES string of the molecule is [C-]#[N+]c1ccccc1C1CC(c2ccccc2[N+]#[C-])CC(c2ccccc2[N+]#[C-])C1.[CH-]=O.[CH-]=O.[CH-]=O.[W]. The van der Waals surface area contributed by atoms with E-state index in [0.29, 0.717) is 17.1 Å². The van der Waals surface area contributed by atoms with Crippen LogP contribution in [0.15, 0.2) is 72.8 Å². The van der Waals surface area contributed by atoms with Crippen LogP contribution in [0.1, 0.15) is 53.7 Å². The molecule has 6 nitrogen and oxygen atoms in total. The van der Waals surface area contributed by atoms with Crippen LogP contribution < -0.4 is 0 Å². The number of hydrogen-bond donors (Lipinski definition) is 0. The van der Waals surface area contributed by atoms with E-state index >= 15 is 0 Å². The number of rotatable bonds is 3. The fourth-order valence-corrected chi connectivity index (χ4v) is 4.88. The van der Waals surface area contributed by atoms with Gasteiger partial charge in [-0.05, 0) is 53.7 Å². The second kappa shape index (κ2) is 18.1. The second-order valence-electron chi connectivity index (χ2n) is 7.81. The summed E-state index contributed by atoms with van der Waals surface area (Å²) in [6.07, 6.45) is 2.74. The third-order valence-corrected chi connectivity index (χ3v) is 6.20. The van der Waals surface area contributed by atoms with Gasteiger partial charge >= 0.3 is 0 Å². The van der Waals surface area contributed by atoms with Gasteiger partial charge in [-0.15, -0.1) is 0 Å². The number of para-hydroxylation sites is 3. The van der Waals surface area contributed by atoms with Crippen LogP contribution in [0.2, 0.25) is 0 Å². The molecule has 0 amide bonds. The van der Waals surface area contributed by atoms with E-state index < -0.39 is 0 Å². The van der Waals surface area contributed by atoms with Crippen LogP contribution in [0.4, 0.5) is 17.1 Å². The summed E-state index contributed by atoms with van der Waals surface area (Å²) in [6.45, 7) is 32.6. The van der Waals surface area contributed by atoms with Crippen molar-refractivity contribution in [3.63, 3.8) is 0 Å². The van der Waals surface area contributed by atoms with E-state index in [1.807, 2.05) is 54.6 Å². The van der Waals surface area contributed by atoms with Gasteiger partial charge in [-0.1, -0.05) is 72.8 Å². The van der Waals surface area contributed by atoms with Crippen molar-refractivity contribution < 1.29 is 35.4 Å². The van der Waals surface area contributed by atoms with Gasteiger partial charge in [0.1, 0.15) is 0 Å². The van der Waals surface area contributed by atoms with Gasteiger partial charge in [0.2, 0.25) is 0 Å². The van der Waals surface area contributed by atoms with E-state index in [4.69, 9.17) is 34.1 Å². The molecule has 1 saturated carbocycles. The topological polar surface area (TPSA) is 64.3 Å². The van der Waals surface area contributed by atoms with Crippen LogP contribution in [0.25, 0.3) is 14.5 Å². The second-order valence-corrected chi connectivity index (χ2v) is 7.81. The summed E-state index contributed by atoms with van der Waals surface area (Å²) in [7, 11) is 0. The standard InChI is InChI=1S/C27H21N3.3CHO.W/c1-28-25-13-7-4-10-22(25)19-16-20(23-11-5-8-14-26(23)29-2)18-21(17-19)24-12-6-9-15-27(24)30-3;3*1-2;/h4-15,19-21H,16-18H2;3*1H;/q;3*-1;. The minimum atomic E-state index is 0. The molecule has 0 unspecified atom stereocenters. The van der Waals surface area contributed by atoms with E-state index in [9.17, 15) is 0 Å². The Morgan fingerprint density at radius 2 is 0.703 bits per heavy atom. The zero-order valence-electron chi connectivity index (χ0n) is 20.0. The van der Waals surface area contributed by atoms with Gasteiger partial charge < -0.3 is 14.4 Å². The molecule has 3 aromatic rings. The molecule has 0 radical (unpaired) electrons. The number of nitrogens with zero attached hydrogens (tertiary/aromatic N) is 3. The van der Waals surface area contributed by atoms with Crippen LogP contribution >= 0.6 is 0 Å². The maximum absolute atomic E-state index is 7.75. The molecule has 7 heteroatoms. The Balaban J connectivity index is 0.00000173. The van der Waals surface area contributed by atoms with Gasteiger partial charge in [0.25, 0.3) is 0 Å². The van der Waals surface area contributed by atoms with Gasteiger partial charge in [0.05, 0.1) is 19.7 Å². The van der Waals surface area contributed by atoms with Gasteiger partial charge in [-0.3, -0.25) is 20.4 Å². The Bertz CT molecular complexity index is 1100. The molecular formula is C30H24N3O3W-3. The molecule has 1 aliphatic carbocycles. The zero-order chi connectivity index (χ0) is 26.9. The first-order valence-corrected chi connectivity index (χ1v) is 10.8. The Hall–Kier alpha value is -4.17. The molecule has 0 N–H and O–H groups in total. The van der Waals surface area contributed by atoms with Crippen LogP contribution in [0.5, 0.6) is 0 Å². The molecule has 186 valence electrons. The van der Waals surface area contributed by atoms with E-state index in [-0.39, 0.29) is 38.8 Å². The summed E-state index contributed by atoms with van der Waals surface area (Å²) in [5.74, 6) is 0.657. The molecule has 0 spiro atoms. The van der Waals surface area contributed by atoms with E-state index in [2.05, 4.69) is 53.1 Å².